The first-order chi connectivity index (χ1) is 31.6. The molecule has 6 heteroatoms. The molecule has 65 heavy (non-hydrogen) atoms. The monoisotopic (exact) mass is 858 g/mol. The van der Waals surface area contributed by atoms with Crippen molar-refractivity contribution in [1.82, 2.24) is 0 Å². The molecular formula is C59H54O6. The normalized spacial score (nSPS) is 31.6. The predicted octanol–water partition coefficient (Wildman–Crippen LogP) is 13.5. The first-order valence-electron chi connectivity index (χ1n) is 24.0. The van der Waals surface area contributed by atoms with Gasteiger partial charge in [0, 0.05) is 11.1 Å². The van der Waals surface area contributed by atoms with Crippen molar-refractivity contribution in [2.75, 3.05) is 0 Å². The van der Waals surface area contributed by atoms with Crippen LogP contribution in [0.4, 0.5) is 0 Å². The minimum atomic E-state index is -0.811. The van der Waals surface area contributed by atoms with Gasteiger partial charge < -0.3 is 19.7 Å². The van der Waals surface area contributed by atoms with Crippen molar-refractivity contribution in [3.8, 4) is 34.1 Å². The number of hydrogen-bond acceptors (Lipinski definition) is 4. The largest absolute Gasteiger partial charge is 0.481 e. The van der Waals surface area contributed by atoms with E-state index >= 15 is 0 Å². The third-order valence-corrected chi connectivity index (χ3v) is 18.0. The average molecular weight is 859 g/mol. The quantitative estimate of drug-likeness (QED) is 0.142. The maximum absolute atomic E-state index is 12.7. The number of ether oxygens (including phenoxy) is 2. The molecule has 0 heterocycles. The van der Waals surface area contributed by atoms with Crippen LogP contribution in [0.25, 0.3) is 11.1 Å². The maximum Gasteiger partial charge on any atom is 0.309 e. The Morgan fingerprint density at radius 2 is 0.754 bits per heavy atom. The van der Waals surface area contributed by atoms with Crippen LogP contribution in [0.5, 0.6) is 23.0 Å². The van der Waals surface area contributed by atoms with Crippen LogP contribution < -0.4 is 9.47 Å². The van der Waals surface area contributed by atoms with E-state index in [4.69, 9.17) is 9.47 Å². The molecular weight excluding hydrogens is 805 g/mol. The molecule has 6 nitrogen and oxygen atoms in total. The molecule has 9 aliphatic rings. The number of hydrogen-bond donors (Lipinski definition) is 2. The Morgan fingerprint density at radius 1 is 0.415 bits per heavy atom. The number of aliphatic carboxylic acids is 2. The lowest BCUT2D eigenvalue weighted by atomic mass is 9.43. The summed E-state index contributed by atoms with van der Waals surface area (Å²) in [7, 11) is 0. The highest BCUT2D eigenvalue weighted by Crippen LogP contribution is 2.68. The molecule has 0 amide bonds. The molecule has 8 saturated carbocycles. The van der Waals surface area contributed by atoms with E-state index in [1.807, 2.05) is 12.1 Å². The smallest absolute Gasteiger partial charge is 0.309 e. The summed E-state index contributed by atoms with van der Waals surface area (Å²) in [5.74, 6) is 3.70. The molecule has 6 aromatic rings. The Labute approximate surface area is 380 Å². The lowest BCUT2D eigenvalue weighted by Crippen LogP contribution is -2.56. The Balaban J connectivity index is 0.881. The van der Waals surface area contributed by atoms with Gasteiger partial charge in [-0.2, -0.15) is 0 Å². The first-order valence-corrected chi connectivity index (χ1v) is 24.0. The lowest BCUT2D eigenvalue weighted by molar-refractivity contribution is -0.167. The van der Waals surface area contributed by atoms with Gasteiger partial charge in [0.1, 0.15) is 23.0 Å². The van der Waals surface area contributed by atoms with Crippen molar-refractivity contribution in [3.63, 3.8) is 0 Å². The average Bonchev–Trinajstić information content (AvgIpc) is 3.60. The molecule has 0 aromatic heterocycles. The van der Waals surface area contributed by atoms with Crippen LogP contribution in [0.15, 0.2) is 146 Å². The van der Waals surface area contributed by atoms with Gasteiger partial charge in [0.2, 0.25) is 0 Å². The van der Waals surface area contributed by atoms with Gasteiger partial charge in [-0.3, -0.25) is 9.59 Å². The topological polar surface area (TPSA) is 93.1 Å². The first kappa shape index (κ1) is 39.2. The summed E-state index contributed by atoms with van der Waals surface area (Å²) >= 11 is 0. The van der Waals surface area contributed by atoms with Gasteiger partial charge in [-0.15, -0.1) is 0 Å². The van der Waals surface area contributed by atoms with E-state index < -0.39 is 28.2 Å². The zero-order valence-electron chi connectivity index (χ0n) is 36.7. The molecule has 0 spiro atoms. The summed E-state index contributed by atoms with van der Waals surface area (Å²) < 4.78 is 14.1. The van der Waals surface area contributed by atoms with E-state index in [2.05, 4.69) is 133 Å². The highest BCUT2D eigenvalue weighted by atomic mass is 16.5. The molecule has 0 aliphatic heterocycles. The molecule has 8 fully saturated rings. The number of benzene rings is 6. The maximum atomic E-state index is 12.7. The van der Waals surface area contributed by atoms with E-state index in [0.717, 1.165) is 109 Å². The molecule has 326 valence electrons. The Kier molecular flexibility index (Phi) is 8.41. The van der Waals surface area contributed by atoms with Gasteiger partial charge in [-0.25, -0.2) is 0 Å². The highest BCUT2D eigenvalue weighted by molar-refractivity contribution is 5.87. The van der Waals surface area contributed by atoms with Crippen LogP contribution in [0.2, 0.25) is 0 Å². The number of carbonyl (C=O) groups is 2. The van der Waals surface area contributed by atoms with Gasteiger partial charge in [-0.05, 0) is 181 Å². The molecule has 8 bridgehead atoms. The molecule has 15 rings (SSSR count). The summed E-state index contributed by atoms with van der Waals surface area (Å²) in [6.07, 6.45) is 11.4. The lowest BCUT2D eigenvalue weighted by Gasteiger charge is -2.60. The van der Waals surface area contributed by atoms with Crippen molar-refractivity contribution < 1.29 is 29.3 Å². The third kappa shape index (κ3) is 5.71. The minimum Gasteiger partial charge on any atom is -0.481 e. The van der Waals surface area contributed by atoms with E-state index in [1.165, 1.54) is 35.1 Å². The van der Waals surface area contributed by atoms with Gasteiger partial charge in [0.15, 0.2) is 0 Å². The second-order valence-electron chi connectivity index (χ2n) is 21.7. The molecule has 2 N–H and O–H groups in total. The van der Waals surface area contributed by atoms with Crippen molar-refractivity contribution in [2.24, 2.45) is 34.5 Å². The summed E-state index contributed by atoms with van der Waals surface area (Å²) in [5, 5.41) is 20.9. The summed E-state index contributed by atoms with van der Waals surface area (Å²) in [6.45, 7) is 0. The van der Waals surface area contributed by atoms with Crippen LogP contribution in [0.1, 0.15) is 110 Å². The van der Waals surface area contributed by atoms with Gasteiger partial charge in [0.05, 0.1) is 16.2 Å². The summed E-state index contributed by atoms with van der Waals surface area (Å²) in [5.41, 5.74) is 6.97. The number of carboxylic acids is 2. The Morgan fingerprint density at radius 3 is 1.12 bits per heavy atom. The fourth-order valence-corrected chi connectivity index (χ4v) is 16.4. The summed E-state index contributed by atoms with van der Waals surface area (Å²) in [6, 6.07) is 51.4. The highest BCUT2D eigenvalue weighted by Gasteiger charge is 2.62. The second kappa shape index (κ2) is 13.9. The van der Waals surface area contributed by atoms with E-state index in [1.54, 1.807) is 0 Å². The molecule has 6 aromatic carbocycles. The fourth-order valence-electron chi connectivity index (χ4n) is 16.4. The van der Waals surface area contributed by atoms with E-state index in [0.29, 0.717) is 23.7 Å². The molecule has 9 aliphatic carbocycles. The Bertz CT molecular complexity index is 2680. The number of carboxylic acid groups (broad SMARTS) is 2. The molecule has 4 unspecified atom stereocenters. The van der Waals surface area contributed by atoms with E-state index in [9.17, 15) is 19.8 Å². The van der Waals surface area contributed by atoms with Crippen molar-refractivity contribution in [1.29, 1.82) is 0 Å². The Hall–Kier alpha value is -6.14. The van der Waals surface area contributed by atoms with Crippen molar-refractivity contribution >= 4 is 11.9 Å². The van der Waals surface area contributed by atoms with Crippen LogP contribution >= 0.6 is 0 Å². The van der Waals surface area contributed by atoms with Gasteiger partial charge in [-0.1, -0.05) is 109 Å². The standard InChI is InChI=1S/C59H54O6/c60-53(61)57-31-37-25-38(32-57)28-55(27-37,35-57)41-17-21-43(22-18-41)64-51-15-7-5-13-49(51)59(47-11-3-1-9-45(47)46-10-2-4-12-48(46)59)50-14-6-8-16-52(50)65-44-23-19-42(20-24-44)56-29-39-26-40(30-56)34-58(33-39,36-56)54(62)63/h1-24,37-40H,25-36H2,(H,60,61)(H,62,63). The number of rotatable bonds is 10. The van der Waals surface area contributed by atoms with Crippen LogP contribution in [0, 0.1) is 34.5 Å². The van der Waals surface area contributed by atoms with Crippen LogP contribution in [-0.2, 0) is 25.8 Å². The third-order valence-electron chi connectivity index (χ3n) is 18.0. The predicted molar refractivity (Wildman–Crippen MR) is 250 cm³/mol. The second-order valence-corrected chi connectivity index (χ2v) is 21.7. The molecule has 0 saturated heterocycles. The number of para-hydroxylation sites is 2. The van der Waals surface area contributed by atoms with Crippen LogP contribution in [-0.4, -0.2) is 22.2 Å². The summed E-state index contributed by atoms with van der Waals surface area (Å²) in [4.78, 5) is 25.4. The van der Waals surface area contributed by atoms with Crippen molar-refractivity contribution in [2.45, 2.75) is 93.3 Å². The van der Waals surface area contributed by atoms with E-state index in [-0.39, 0.29) is 10.8 Å². The van der Waals surface area contributed by atoms with Gasteiger partial charge >= 0.3 is 11.9 Å². The zero-order valence-corrected chi connectivity index (χ0v) is 36.7. The van der Waals surface area contributed by atoms with Crippen molar-refractivity contribution in [3.05, 3.63) is 179 Å². The van der Waals surface area contributed by atoms with Crippen LogP contribution in [0.3, 0.4) is 0 Å². The number of fused-ring (bicyclic) bond motifs is 3. The fraction of sp³-hybridized carbons (Fsp3) is 0.356. The minimum absolute atomic E-state index is 0.0950. The van der Waals surface area contributed by atoms with Gasteiger partial charge in [0.25, 0.3) is 0 Å². The zero-order chi connectivity index (χ0) is 43.8. The molecule has 0 radical (unpaired) electrons. The molecule has 4 atom stereocenters. The SMILES string of the molecule is O=C(O)C12CC3CC(C1)CC(c1ccc(Oc4ccccc4C4(c5ccccc5Oc5ccc(C67CC8CC(CC(C(=O)O)(C8)C6)C7)cc5)c5ccccc5-c5ccccc54)cc1)(C3)C2.